The maximum absolute atomic E-state index is 11.8. The highest BCUT2D eigenvalue weighted by Gasteiger charge is 2.17. The molecule has 0 unspecified atom stereocenters. The smallest absolute Gasteiger partial charge is 0.294 e. The Morgan fingerprint density at radius 1 is 1.47 bits per heavy atom. The second kappa shape index (κ2) is 5.23. The van der Waals surface area contributed by atoms with E-state index in [-0.39, 0.29) is 11.7 Å². The number of hydrogen-bond acceptors (Lipinski definition) is 5. The minimum Gasteiger partial charge on any atom is -0.351 e. The summed E-state index contributed by atoms with van der Waals surface area (Å²) in [5, 5.41) is 13.8. The molecule has 1 amide bonds. The van der Waals surface area contributed by atoms with Crippen molar-refractivity contribution in [1.29, 1.82) is 0 Å². The van der Waals surface area contributed by atoms with Crippen LogP contribution in [-0.2, 0) is 0 Å². The SMILES string of the molecule is O=C(Nc1cnn(C2CCNCC2)c1)c1ccno1. The van der Waals surface area contributed by atoms with Crippen LogP contribution in [0.2, 0.25) is 0 Å². The van der Waals surface area contributed by atoms with Gasteiger partial charge in [-0.1, -0.05) is 5.16 Å². The summed E-state index contributed by atoms with van der Waals surface area (Å²) >= 11 is 0. The third-order valence-corrected chi connectivity index (χ3v) is 3.20. The van der Waals surface area contributed by atoms with Crippen molar-refractivity contribution in [2.24, 2.45) is 0 Å². The Kier molecular flexibility index (Phi) is 3.28. The number of nitrogens with zero attached hydrogens (tertiary/aromatic N) is 3. The molecule has 1 aliphatic heterocycles. The van der Waals surface area contributed by atoms with E-state index in [0.29, 0.717) is 11.7 Å². The Hall–Kier alpha value is -2.15. The van der Waals surface area contributed by atoms with Gasteiger partial charge in [0.25, 0.3) is 5.91 Å². The first-order valence-electron chi connectivity index (χ1n) is 6.30. The van der Waals surface area contributed by atoms with Crippen LogP contribution in [-0.4, -0.2) is 33.9 Å². The third-order valence-electron chi connectivity index (χ3n) is 3.20. The van der Waals surface area contributed by atoms with Crippen LogP contribution in [0.3, 0.4) is 0 Å². The Labute approximate surface area is 110 Å². The number of carbonyl (C=O) groups excluding carboxylic acids is 1. The van der Waals surface area contributed by atoms with E-state index in [1.165, 1.54) is 12.3 Å². The Morgan fingerprint density at radius 3 is 3.05 bits per heavy atom. The largest absolute Gasteiger partial charge is 0.351 e. The average Bonchev–Trinajstić information content (AvgIpc) is 3.11. The highest BCUT2D eigenvalue weighted by Crippen LogP contribution is 2.19. The number of rotatable bonds is 3. The summed E-state index contributed by atoms with van der Waals surface area (Å²) < 4.78 is 6.71. The summed E-state index contributed by atoms with van der Waals surface area (Å²) in [5.74, 6) is -0.128. The zero-order valence-corrected chi connectivity index (χ0v) is 10.4. The van der Waals surface area contributed by atoms with Gasteiger partial charge in [0.2, 0.25) is 5.76 Å². The van der Waals surface area contributed by atoms with E-state index >= 15 is 0 Å². The fourth-order valence-corrected chi connectivity index (χ4v) is 2.20. The monoisotopic (exact) mass is 261 g/mol. The standard InChI is InChI=1S/C12H15N5O2/c18-12(11-3-6-15-19-11)16-9-7-14-17(8-9)10-1-4-13-5-2-10/h3,6-8,10,13H,1-2,4-5H2,(H,16,18). The second-order valence-corrected chi connectivity index (χ2v) is 4.52. The van der Waals surface area contributed by atoms with Crippen molar-refractivity contribution in [1.82, 2.24) is 20.3 Å². The molecular weight excluding hydrogens is 246 g/mol. The molecule has 2 N–H and O–H groups in total. The molecule has 0 radical (unpaired) electrons. The zero-order valence-electron chi connectivity index (χ0n) is 10.4. The molecule has 0 aromatic carbocycles. The lowest BCUT2D eigenvalue weighted by atomic mass is 10.1. The minimum atomic E-state index is -0.317. The quantitative estimate of drug-likeness (QED) is 0.862. The van der Waals surface area contributed by atoms with Gasteiger partial charge in [-0.2, -0.15) is 5.10 Å². The minimum absolute atomic E-state index is 0.189. The Morgan fingerprint density at radius 2 is 2.32 bits per heavy atom. The average molecular weight is 261 g/mol. The lowest BCUT2D eigenvalue weighted by molar-refractivity contribution is 0.0988. The van der Waals surface area contributed by atoms with E-state index in [4.69, 9.17) is 4.52 Å². The maximum Gasteiger partial charge on any atom is 0.294 e. The lowest BCUT2D eigenvalue weighted by Gasteiger charge is -2.22. The van der Waals surface area contributed by atoms with Crippen molar-refractivity contribution in [3.05, 3.63) is 30.4 Å². The van der Waals surface area contributed by atoms with E-state index in [1.807, 2.05) is 10.9 Å². The molecule has 0 atom stereocenters. The van der Waals surface area contributed by atoms with Crippen LogP contribution in [0.25, 0.3) is 0 Å². The van der Waals surface area contributed by atoms with Crippen LogP contribution in [0.1, 0.15) is 29.4 Å². The molecule has 1 saturated heterocycles. The van der Waals surface area contributed by atoms with Crippen molar-refractivity contribution in [3.8, 4) is 0 Å². The molecule has 0 bridgehead atoms. The molecule has 1 fully saturated rings. The van der Waals surface area contributed by atoms with Gasteiger partial charge in [-0.25, -0.2) is 0 Å². The van der Waals surface area contributed by atoms with Gasteiger partial charge in [0.1, 0.15) is 0 Å². The van der Waals surface area contributed by atoms with Gasteiger partial charge in [0, 0.05) is 12.3 Å². The number of piperidine rings is 1. The van der Waals surface area contributed by atoms with E-state index in [2.05, 4.69) is 20.9 Å². The van der Waals surface area contributed by atoms with Gasteiger partial charge in [-0.05, 0) is 25.9 Å². The number of anilines is 1. The number of aromatic nitrogens is 3. The van der Waals surface area contributed by atoms with Gasteiger partial charge in [0.05, 0.1) is 24.1 Å². The van der Waals surface area contributed by atoms with Crippen LogP contribution < -0.4 is 10.6 Å². The summed E-state index contributed by atoms with van der Waals surface area (Å²) in [7, 11) is 0. The first kappa shape index (κ1) is 11.9. The van der Waals surface area contributed by atoms with Crippen LogP contribution in [0.15, 0.2) is 29.2 Å². The molecule has 0 spiro atoms. The van der Waals surface area contributed by atoms with Gasteiger partial charge in [-0.3, -0.25) is 9.48 Å². The Balaban J connectivity index is 1.66. The molecule has 0 saturated carbocycles. The van der Waals surface area contributed by atoms with Crippen molar-refractivity contribution in [2.45, 2.75) is 18.9 Å². The highest BCUT2D eigenvalue weighted by molar-refractivity contribution is 6.01. The van der Waals surface area contributed by atoms with Crippen LogP contribution in [0.5, 0.6) is 0 Å². The third kappa shape index (κ3) is 2.65. The molecule has 2 aromatic heterocycles. The summed E-state index contributed by atoms with van der Waals surface area (Å²) in [6, 6.07) is 1.92. The molecule has 19 heavy (non-hydrogen) atoms. The van der Waals surface area contributed by atoms with Gasteiger partial charge in [0.15, 0.2) is 0 Å². The van der Waals surface area contributed by atoms with Gasteiger partial charge in [-0.15, -0.1) is 0 Å². The van der Waals surface area contributed by atoms with Crippen molar-refractivity contribution < 1.29 is 9.32 Å². The van der Waals surface area contributed by atoms with E-state index in [0.717, 1.165) is 25.9 Å². The van der Waals surface area contributed by atoms with Crippen LogP contribution in [0, 0.1) is 0 Å². The fraction of sp³-hybridized carbons (Fsp3) is 0.417. The number of carbonyl (C=O) groups is 1. The molecular formula is C12H15N5O2. The van der Waals surface area contributed by atoms with E-state index < -0.39 is 0 Å². The van der Waals surface area contributed by atoms with E-state index in [9.17, 15) is 4.79 Å². The molecule has 2 aromatic rings. The van der Waals surface area contributed by atoms with Crippen molar-refractivity contribution in [2.75, 3.05) is 18.4 Å². The normalized spacial score (nSPS) is 16.4. The fourth-order valence-electron chi connectivity index (χ4n) is 2.20. The van der Waals surface area contributed by atoms with Gasteiger partial charge < -0.3 is 15.2 Å². The second-order valence-electron chi connectivity index (χ2n) is 4.52. The highest BCUT2D eigenvalue weighted by atomic mass is 16.5. The topological polar surface area (TPSA) is 85.0 Å². The first-order valence-corrected chi connectivity index (χ1v) is 6.30. The lowest BCUT2D eigenvalue weighted by Crippen LogP contribution is -2.29. The summed E-state index contributed by atoms with van der Waals surface area (Å²) in [6.07, 6.45) is 7.04. The van der Waals surface area contributed by atoms with Crippen LogP contribution in [0.4, 0.5) is 5.69 Å². The van der Waals surface area contributed by atoms with Crippen LogP contribution >= 0.6 is 0 Å². The first-order chi connectivity index (χ1) is 9.33. The van der Waals surface area contributed by atoms with Crippen molar-refractivity contribution in [3.63, 3.8) is 0 Å². The van der Waals surface area contributed by atoms with E-state index in [1.54, 1.807) is 6.20 Å². The number of amides is 1. The molecule has 100 valence electrons. The number of hydrogen-bond donors (Lipinski definition) is 2. The Bertz CT molecular complexity index is 542. The molecule has 3 rings (SSSR count). The summed E-state index contributed by atoms with van der Waals surface area (Å²) in [4.78, 5) is 11.8. The number of nitrogens with one attached hydrogen (secondary N) is 2. The molecule has 3 heterocycles. The predicted octanol–water partition coefficient (Wildman–Crippen LogP) is 1.05. The molecule has 1 aliphatic rings. The summed E-state index contributed by atoms with van der Waals surface area (Å²) in [6.45, 7) is 2.01. The maximum atomic E-state index is 11.8. The summed E-state index contributed by atoms with van der Waals surface area (Å²) in [5.41, 5.74) is 0.667. The zero-order chi connectivity index (χ0) is 13.1. The predicted molar refractivity (Wildman–Crippen MR) is 67.8 cm³/mol. The van der Waals surface area contributed by atoms with Crippen molar-refractivity contribution >= 4 is 11.6 Å². The van der Waals surface area contributed by atoms with Gasteiger partial charge >= 0.3 is 0 Å². The molecule has 7 nitrogen and oxygen atoms in total. The molecule has 0 aliphatic carbocycles. The molecule has 7 heteroatoms.